The first-order valence-corrected chi connectivity index (χ1v) is 10.2. The number of hydrogen-bond donors (Lipinski definition) is 2. The van der Waals surface area contributed by atoms with E-state index in [1.165, 1.54) is 4.57 Å². The summed E-state index contributed by atoms with van der Waals surface area (Å²) < 4.78 is 2.54. The van der Waals surface area contributed by atoms with Crippen LogP contribution in [-0.2, 0) is 17.9 Å². The number of fused-ring (bicyclic) bond motifs is 2. The van der Waals surface area contributed by atoms with Crippen LogP contribution in [0, 0.1) is 0 Å². The van der Waals surface area contributed by atoms with Gasteiger partial charge in [0, 0.05) is 0 Å². The number of para-hydroxylation sites is 2. The number of amides is 1. The van der Waals surface area contributed by atoms with E-state index in [1.807, 2.05) is 31.3 Å². The van der Waals surface area contributed by atoms with Crippen LogP contribution in [0.4, 0.5) is 0 Å². The van der Waals surface area contributed by atoms with Gasteiger partial charge in [-0.3, -0.25) is 14.2 Å². The van der Waals surface area contributed by atoms with Gasteiger partial charge in [-0.05, 0) is 31.2 Å². The molecule has 0 aliphatic carbocycles. The zero-order valence-electron chi connectivity index (χ0n) is 16.3. The largest absolute Gasteiger partial charge is 0.368 e. The maximum absolute atomic E-state index is 12.9. The Kier molecular flexibility index (Phi) is 5.12. The summed E-state index contributed by atoms with van der Waals surface area (Å²) >= 11 is 1.67. The number of carbonyl (C=O) groups excluding carboxylic acids is 1. The second-order valence-electron chi connectivity index (χ2n) is 7.17. The molecule has 0 aliphatic rings. The number of primary amides is 1. The van der Waals surface area contributed by atoms with Crippen molar-refractivity contribution in [2.75, 3.05) is 7.05 Å². The molecule has 4 rings (SSSR count). The monoisotopic (exact) mass is 408 g/mol. The Bertz CT molecular complexity index is 1230. The lowest BCUT2D eigenvalue weighted by Gasteiger charge is -2.21. The third-order valence-corrected chi connectivity index (χ3v) is 6.33. The minimum Gasteiger partial charge on any atom is -0.368 e. The Morgan fingerprint density at radius 3 is 2.55 bits per heavy atom. The second-order valence-corrected chi connectivity index (χ2v) is 8.23. The van der Waals surface area contributed by atoms with Crippen molar-refractivity contribution in [3.8, 4) is 0 Å². The maximum atomic E-state index is 12.9. The molecule has 2 aromatic heterocycles. The smallest absolute Gasteiger partial charge is 0.262 e. The van der Waals surface area contributed by atoms with Gasteiger partial charge in [0.25, 0.3) is 5.56 Å². The van der Waals surface area contributed by atoms with E-state index in [0.717, 1.165) is 20.1 Å². The molecular formula is C21H22N5O2S+. The van der Waals surface area contributed by atoms with Crippen molar-refractivity contribution in [3.63, 3.8) is 0 Å². The zero-order chi connectivity index (χ0) is 20.5. The number of rotatable bonds is 6. The molecule has 29 heavy (non-hydrogen) atoms. The summed E-state index contributed by atoms with van der Waals surface area (Å²) in [6.07, 6.45) is 0. The van der Waals surface area contributed by atoms with Crippen molar-refractivity contribution >= 4 is 38.4 Å². The first-order chi connectivity index (χ1) is 13.9. The summed E-state index contributed by atoms with van der Waals surface area (Å²) in [6, 6.07) is 15.3. The van der Waals surface area contributed by atoms with Crippen LogP contribution in [0.1, 0.15) is 23.8 Å². The average molecular weight is 409 g/mol. The molecule has 0 spiro atoms. The van der Waals surface area contributed by atoms with Gasteiger partial charge in [-0.15, -0.1) is 11.3 Å². The van der Waals surface area contributed by atoms with E-state index in [9.17, 15) is 9.59 Å². The molecule has 0 saturated heterocycles. The van der Waals surface area contributed by atoms with Gasteiger partial charge in [0.2, 0.25) is 5.91 Å². The normalized spacial score (nSPS) is 13.6. The van der Waals surface area contributed by atoms with Crippen molar-refractivity contribution in [1.29, 1.82) is 0 Å². The topological polar surface area (TPSA) is 95.3 Å². The van der Waals surface area contributed by atoms with E-state index in [4.69, 9.17) is 10.7 Å². The van der Waals surface area contributed by atoms with Crippen molar-refractivity contribution in [3.05, 3.63) is 69.7 Å². The van der Waals surface area contributed by atoms with Crippen LogP contribution in [0.3, 0.4) is 0 Å². The third kappa shape index (κ3) is 3.76. The SMILES string of the molecule is C[C@H](c1nc2ccccc2s1)[NH+](C)Cc1nc2ccccc2c(=O)n1CC(N)=O. The highest BCUT2D eigenvalue weighted by Gasteiger charge is 2.23. The number of thiazole rings is 1. The minimum atomic E-state index is -0.567. The van der Waals surface area contributed by atoms with Crippen molar-refractivity contribution < 1.29 is 9.69 Å². The molecule has 2 atom stereocenters. The number of quaternary nitrogens is 1. The van der Waals surface area contributed by atoms with Gasteiger partial charge in [0.15, 0.2) is 10.8 Å². The number of nitrogens with zero attached hydrogens (tertiary/aromatic N) is 3. The van der Waals surface area contributed by atoms with Crippen LogP contribution < -0.4 is 16.2 Å². The predicted octanol–water partition coefficient (Wildman–Crippen LogP) is 1.27. The molecule has 1 amide bonds. The fraction of sp³-hybridized carbons (Fsp3) is 0.238. The lowest BCUT2D eigenvalue weighted by atomic mass is 10.2. The van der Waals surface area contributed by atoms with Crippen molar-refractivity contribution in [2.24, 2.45) is 5.73 Å². The fourth-order valence-corrected chi connectivity index (χ4v) is 4.47. The zero-order valence-corrected chi connectivity index (χ0v) is 17.1. The standard InChI is InChI=1S/C21H21N5O2S/c1-13(20-24-16-9-5-6-10-17(16)29-20)25(2)12-19-23-15-8-4-3-7-14(15)21(28)26(19)11-18(22)27/h3-10,13H,11-12H2,1-2H3,(H2,22,27)/p+1/t13-/m1/s1. The van der Waals surface area contributed by atoms with Gasteiger partial charge in [-0.2, -0.15) is 0 Å². The summed E-state index contributed by atoms with van der Waals surface area (Å²) in [4.78, 5) is 35.0. The van der Waals surface area contributed by atoms with Crippen LogP contribution in [0.25, 0.3) is 21.1 Å². The maximum Gasteiger partial charge on any atom is 0.262 e. The number of nitrogens with two attached hydrogens (primary N) is 1. The Labute approximate surface area is 171 Å². The van der Waals surface area contributed by atoms with Gasteiger partial charge >= 0.3 is 0 Å². The lowest BCUT2D eigenvalue weighted by Crippen LogP contribution is -3.07. The third-order valence-electron chi connectivity index (χ3n) is 5.11. The molecule has 8 heteroatoms. The molecule has 2 heterocycles. The number of nitrogens with one attached hydrogen (secondary N) is 1. The molecule has 0 fully saturated rings. The van der Waals surface area contributed by atoms with Crippen LogP contribution in [0.5, 0.6) is 0 Å². The second kappa shape index (κ2) is 7.73. The van der Waals surface area contributed by atoms with Crippen LogP contribution >= 0.6 is 11.3 Å². The number of carbonyl (C=O) groups is 1. The van der Waals surface area contributed by atoms with Crippen LogP contribution in [0.2, 0.25) is 0 Å². The van der Waals surface area contributed by atoms with E-state index >= 15 is 0 Å². The van der Waals surface area contributed by atoms with Gasteiger partial charge in [-0.1, -0.05) is 24.3 Å². The Balaban J connectivity index is 1.70. The first kappa shape index (κ1) is 19.2. The summed E-state index contributed by atoms with van der Waals surface area (Å²) in [5.74, 6) is -0.0275. The van der Waals surface area contributed by atoms with Crippen molar-refractivity contribution in [2.45, 2.75) is 26.1 Å². The van der Waals surface area contributed by atoms with E-state index in [1.54, 1.807) is 29.5 Å². The van der Waals surface area contributed by atoms with E-state index in [2.05, 4.69) is 18.0 Å². The van der Waals surface area contributed by atoms with E-state index < -0.39 is 5.91 Å². The molecule has 1 unspecified atom stereocenters. The molecular weight excluding hydrogens is 386 g/mol. The molecule has 3 N–H and O–H groups in total. The van der Waals surface area contributed by atoms with Gasteiger partial charge in [-0.25, -0.2) is 9.97 Å². The number of aromatic nitrogens is 3. The van der Waals surface area contributed by atoms with Gasteiger partial charge in [0.05, 0.1) is 28.2 Å². The molecule has 0 radical (unpaired) electrons. The van der Waals surface area contributed by atoms with Crippen LogP contribution in [-0.4, -0.2) is 27.5 Å². The summed E-state index contributed by atoms with van der Waals surface area (Å²) in [5.41, 5.74) is 6.75. The Morgan fingerprint density at radius 1 is 1.14 bits per heavy atom. The summed E-state index contributed by atoms with van der Waals surface area (Å²) in [7, 11) is 2.03. The summed E-state index contributed by atoms with van der Waals surface area (Å²) in [5, 5.41) is 1.50. The predicted molar refractivity (Wildman–Crippen MR) is 114 cm³/mol. The highest BCUT2D eigenvalue weighted by atomic mass is 32.1. The van der Waals surface area contributed by atoms with Crippen LogP contribution in [0.15, 0.2) is 53.3 Å². The first-order valence-electron chi connectivity index (χ1n) is 9.38. The van der Waals surface area contributed by atoms with E-state index in [0.29, 0.717) is 23.3 Å². The molecule has 148 valence electrons. The number of hydrogen-bond acceptors (Lipinski definition) is 5. The Hall–Kier alpha value is -3.10. The molecule has 0 bridgehead atoms. The van der Waals surface area contributed by atoms with Gasteiger partial charge in [0.1, 0.15) is 19.1 Å². The molecule has 2 aromatic carbocycles. The lowest BCUT2D eigenvalue weighted by molar-refractivity contribution is -0.924. The van der Waals surface area contributed by atoms with Gasteiger partial charge < -0.3 is 10.6 Å². The molecule has 4 aromatic rings. The number of benzene rings is 2. The highest BCUT2D eigenvalue weighted by Crippen LogP contribution is 2.24. The molecule has 0 aliphatic heterocycles. The summed E-state index contributed by atoms with van der Waals surface area (Å²) in [6.45, 7) is 2.38. The average Bonchev–Trinajstić information content (AvgIpc) is 3.14. The van der Waals surface area contributed by atoms with E-state index in [-0.39, 0.29) is 18.1 Å². The highest BCUT2D eigenvalue weighted by molar-refractivity contribution is 7.18. The molecule has 0 saturated carbocycles. The minimum absolute atomic E-state index is 0.0952. The quantitative estimate of drug-likeness (QED) is 0.502. The fourth-order valence-electron chi connectivity index (χ4n) is 3.36. The molecule has 7 nitrogen and oxygen atoms in total. The Morgan fingerprint density at radius 2 is 1.83 bits per heavy atom. The van der Waals surface area contributed by atoms with Crippen molar-refractivity contribution in [1.82, 2.24) is 14.5 Å².